The fourth-order valence-electron chi connectivity index (χ4n) is 2.20. The van der Waals surface area contributed by atoms with E-state index in [2.05, 4.69) is 22.2 Å². The number of carbonyl (C=O) groups excluding carboxylic acids is 1. The predicted molar refractivity (Wildman–Crippen MR) is 98.6 cm³/mol. The topological polar surface area (TPSA) is 74.8 Å². The number of unbranched alkanes of at least 4 members (excludes halogenated alkanes) is 1. The molecule has 0 aliphatic carbocycles. The van der Waals surface area contributed by atoms with Gasteiger partial charge in [-0.1, -0.05) is 44.2 Å². The van der Waals surface area contributed by atoms with Crippen LogP contribution in [0.5, 0.6) is 0 Å². The average Bonchev–Trinajstić information content (AvgIpc) is 2.59. The maximum Gasteiger partial charge on any atom is 0.251 e. The van der Waals surface area contributed by atoms with Crippen LogP contribution in [0, 0.1) is 0 Å². The van der Waals surface area contributed by atoms with Gasteiger partial charge in [0.05, 0.1) is 5.75 Å². The van der Waals surface area contributed by atoms with Crippen LogP contribution in [0.25, 0.3) is 0 Å². The van der Waals surface area contributed by atoms with Crippen LogP contribution in [0.4, 0.5) is 5.69 Å². The van der Waals surface area contributed by atoms with E-state index < -0.39 is 0 Å². The van der Waals surface area contributed by atoms with E-state index >= 15 is 0 Å². The third-order valence-electron chi connectivity index (χ3n) is 3.53. The molecule has 0 radical (unpaired) electrons. The van der Waals surface area contributed by atoms with E-state index in [0.29, 0.717) is 11.6 Å². The summed E-state index contributed by atoms with van der Waals surface area (Å²) < 4.78 is 0. The van der Waals surface area contributed by atoms with Crippen molar-refractivity contribution in [1.29, 1.82) is 0 Å². The molecular formula is C18H23N3O2S. The molecule has 1 heterocycles. The van der Waals surface area contributed by atoms with Crippen LogP contribution in [0.3, 0.4) is 0 Å². The number of carbonyl (C=O) groups is 1. The van der Waals surface area contributed by atoms with Gasteiger partial charge in [-0.05, 0) is 37.0 Å². The molecule has 1 amide bonds. The number of aryl methyl sites for hydroxylation is 2. The summed E-state index contributed by atoms with van der Waals surface area (Å²) >= 11 is 1.23. The van der Waals surface area contributed by atoms with Crippen molar-refractivity contribution in [2.24, 2.45) is 0 Å². The summed E-state index contributed by atoms with van der Waals surface area (Å²) in [5, 5.41) is 3.34. The summed E-state index contributed by atoms with van der Waals surface area (Å²) in [6, 6.07) is 9.41. The lowest BCUT2D eigenvalue weighted by Gasteiger charge is -2.07. The monoisotopic (exact) mass is 345 g/mol. The second kappa shape index (κ2) is 9.27. The van der Waals surface area contributed by atoms with Crippen molar-refractivity contribution in [2.45, 2.75) is 44.7 Å². The minimum Gasteiger partial charge on any atom is -0.325 e. The molecule has 5 nitrogen and oxygen atoms in total. The van der Waals surface area contributed by atoms with Crippen molar-refractivity contribution in [3.8, 4) is 0 Å². The number of thioether (sulfide) groups is 1. The Labute approximate surface area is 146 Å². The maximum atomic E-state index is 12.0. The summed E-state index contributed by atoms with van der Waals surface area (Å²) in [4.78, 5) is 30.5. The number of nitrogens with one attached hydrogen (secondary N) is 2. The van der Waals surface area contributed by atoms with Gasteiger partial charge >= 0.3 is 0 Å². The van der Waals surface area contributed by atoms with Crippen LogP contribution in [-0.2, 0) is 17.6 Å². The molecule has 2 aromatic rings. The molecule has 1 aromatic heterocycles. The lowest BCUT2D eigenvalue weighted by molar-refractivity contribution is -0.113. The Hall–Kier alpha value is -2.08. The lowest BCUT2D eigenvalue weighted by Crippen LogP contribution is -2.15. The number of amides is 1. The third kappa shape index (κ3) is 5.85. The first kappa shape index (κ1) is 18.3. The van der Waals surface area contributed by atoms with Gasteiger partial charge in [-0.15, -0.1) is 0 Å². The molecule has 0 saturated carbocycles. The molecule has 0 bridgehead atoms. The molecule has 0 spiro atoms. The Balaban J connectivity index is 1.87. The summed E-state index contributed by atoms with van der Waals surface area (Å²) in [5.74, 6) is 0.0825. The lowest BCUT2D eigenvalue weighted by atomic mass is 10.1. The van der Waals surface area contributed by atoms with Crippen molar-refractivity contribution in [2.75, 3.05) is 11.1 Å². The SMILES string of the molecule is CCCCc1ccc(NC(=O)CSc2nc(CC)cc(=O)[nH]2)cc1. The number of aromatic amines is 1. The van der Waals surface area contributed by atoms with Crippen molar-refractivity contribution in [1.82, 2.24) is 9.97 Å². The van der Waals surface area contributed by atoms with Gasteiger partial charge in [0.2, 0.25) is 5.91 Å². The predicted octanol–water partition coefficient (Wildman–Crippen LogP) is 3.41. The van der Waals surface area contributed by atoms with Gasteiger partial charge in [0.15, 0.2) is 5.16 Å². The summed E-state index contributed by atoms with van der Waals surface area (Å²) in [6.07, 6.45) is 4.09. The first-order valence-corrected chi connectivity index (χ1v) is 9.21. The standard InChI is InChI=1S/C18H23N3O2S/c1-3-5-6-13-7-9-15(10-8-13)19-17(23)12-24-18-20-14(4-2)11-16(22)21-18/h7-11H,3-6,12H2,1-2H3,(H,19,23)(H,20,21,22). The highest BCUT2D eigenvalue weighted by atomic mass is 32.2. The van der Waals surface area contributed by atoms with Gasteiger partial charge in [0, 0.05) is 17.4 Å². The minimum absolute atomic E-state index is 0.120. The van der Waals surface area contributed by atoms with Crippen molar-refractivity contribution in [3.63, 3.8) is 0 Å². The average molecular weight is 345 g/mol. The molecule has 0 unspecified atom stereocenters. The van der Waals surface area contributed by atoms with Gasteiger partial charge in [0.25, 0.3) is 5.56 Å². The van der Waals surface area contributed by atoms with E-state index in [0.717, 1.165) is 17.8 Å². The zero-order chi connectivity index (χ0) is 17.4. The van der Waals surface area contributed by atoms with Gasteiger partial charge in [-0.3, -0.25) is 9.59 Å². The number of rotatable bonds is 8. The van der Waals surface area contributed by atoms with Crippen LogP contribution in [0.1, 0.15) is 37.9 Å². The van der Waals surface area contributed by atoms with E-state index in [4.69, 9.17) is 0 Å². The summed E-state index contributed by atoms with van der Waals surface area (Å²) in [7, 11) is 0. The molecule has 2 rings (SSSR count). The number of nitrogens with zero attached hydrogens (tertiary/aromatic N) is 1. The van der Waals surface area contributed by atoms with Gasteiger partial charge in [-0.25, -0.2) is 4.98 Å². The molecule has 0 fully saturated rings. The Bertz CT molecular complexity index is 726. The summed E-state index contributed by atoms with van der Waals surface area (Å²) in [6.45, 7) is 4.11. The van der Waals surface area contributed by atoms with Crippen LogP contribution in [-0.4, -0.2) is 21.6 Å². The number of aromatic nitrogens is 2. The third-order valence-corrected chi connectivity index (χ3v) is 4.41. The first-order chi connectivity index (χ1) is 11.6. The molecule has 0 aliphatic heterocycles. The largest absolute Gasteiger partial charge is 0.325 e. The normalized spacial score (nSPS) is 10.6. The molecule has 0 saturated heterocycles. The Morgan fingerprint density at radius 2 is 2.00 bits per heavy atom. The number of hydrogen-bond donors (Lipinski definition) is 2. The molecule has 128 valence electrons. The first-order valence-electron chi connectivity index (χ1n) is 8.22. The van der Waals surface area contributed by atoms with Crippen molar-refractivity contribution < 1.29 is 4.79 Å². The minimum atomic E-state index is -0.188. The van der Waals surface area contributed by atoms with Crippen LogP contribution < -0.4 is 10.9 Å². The highest BCUT2D eigenvalue weighted by Gasteiger charge is 2.06. The number of hydrogen-bond acceptors (Lipinski definition) is 4. The summed E-state index contributed by atoms with van der Waals surface area (Å²) in [5.41, 5.74) is 2.60. The number of benzene rings is 1. The van der Waals surface area contributed by atoms with Crippen molar-refractivity contribution in [3.05, 3.63) is 51.9 Å². The van der Waals surface area contributed by atoms with E-state index in [1.165, 1.54) is 36.2 Å². The van der Waals surface area contributed by atoms with E-state index in [-0.39, 0.29) is 17.2 Å². The van der Waals surface area contributed by atoms with Crippen LogP contribution in [0.2, 0.25) is 0 Å². The molecular weight excluding hydrogens is 322 g/mol. The smallest absolute Gasteiger partial charge is 0.251 e. The second-order valence-electron chi connectivity index (χ2n) is 5.53. The zero-order valence-corrected chi connectivity index (χ0v) is 14.9. The van der Waals surface area contributed by atoms with E-state index in [1.54, 1.807) is 0 Å². The van der Waals surface area contributed by atoms with Crippen LogP contribution in [0.15, 0.2) is 40.3 Å². The maximum absolute atomic E-state index is 12.0. The van der Waals surface area contributed by atoms with Crippen LogP contribution >= 0.6 is 11.8 Å². The number of anilines is 1. The fourth-order valence-corrected chi connectivity index (χ4v) is 2.89. The van der Waals surface area contributed by atoms with Gasteiger partial charge in [0.1, 0.15) is 0 Å². The molecule has 1 aromatic carbocycles. The molecule has 0 atom stereocenters. The Kier molecular flexibility index (Phi) is 7.06. The molecule has 24 heavy (non-hydrogen) atoms. The van der Waals surface area contributed by atoms with Crippen molar-refractivity contribution >= 4 is 23.4 Å². The Morgan fingerprint density at radius 3 is 2.67 bits per heavy atom. The highest BCUT2D eigenvalue weighted by molar-refractivity contribution is 7.99. The van der Waals surface area contributed by atoms with E-state index in [1.807, 2.05) is 31.2 Å². The Morgan fingerprint density at radius 1 is 1.25 bits per heavy atom. The van der Waals surface area contributed by atoms with Gasteiger partial charge in [-0.2, -0.15) is 0 Å². The second-order valence-corrected chi connectivity index (χ2v) is 6.50. The molecule has 0 aliphatic rings. The fraction of sp³-hybridized carbons (Fsp3) is 0.389. The quantitative estimate of drug-likeness (QED) is 0.568. The molecule has 2 N–H and O–H groups in total. The highest BCUT2D eigenvalue weighted by Crippen LogP contribution is 2.15. The molecule has 6 heteroatoms. The zero-order valence-electron chi connectivity index (χ0n) is 14.1. The number of H-pyrrole nitrogens is 1. The van der Waals surface area contributed by atoms with E-state index in [9.17, 15) is 9.59 Å². The van der Waals surface area contributed by atoms with Gasteiger partial charge < -0.3 is 10.3 Å².